The van der Waals surface area contributed by atoms with Gasteiger partial charge in [-0.15, -0.1) is 0 Å². The Labute approximate surface area is 133 Å². The number of likely N-dealkylation sites (tertiary alicyclic amines) is 1. The maximum atomic E-state index is 6.49. The van der Waals surface area contributed by atoms with Crippen molar-refractivity contribution in [3.8, 4) is 0 Å². The van der Waals surface area contributed by atoms with Gasteiger partial charge in [-0.25, -0.2) is 0 Å². The third-order valence-electron chi connectivity index (χ3n) is 4.77. The smallest absolute Gasteiger partial charge is 0.0642 e. The zero-order chi connectivity index (χ0) is 14.8. The summed E-state index contributed by atoms with van der Waals surface area (Å²) < 4.78 is 0. The van der Waals surface area contributed by atoms with Gasteiger partial charge in [0, 0.05) is 32.2 Å². The number of rotatable bonds is 6. The fraction of sp³-hybridized carbons (Fsp3) is 0.647. The molecule has 1 aliphatic carbocycles. The summed E-state index contributed by atoms with van der Waals surface area (Å²) in [5, 5.41) is 4.47. The molecule has 3 nitrogen and oxygen atoms in total. The molecule has 1 heterocycles. The van der Waals surface area contributed by atoms with Crippen molar-refractivity contribution in [1.29, 1.82) is 0 Å². The fourth-order valence-electron chi connectivity index (χ4n) is 3.29. The van der Waals surface area contributed by atoms with Crippen LogP contribution in [-0.2, 0) is 6.54 Å². The van der Waals surface area contributed by atoms with Crippen molar-refractivity contribution in [1.82, 2.24) is 10.2 Å². The molecule has 1 atom stereocenters. The Hall–Kier alpha value is -0.770. The Morgan fingerprint density at radius 2 is 2.14 bits per heavy atom. The highest BCUT2D eigenvalue weighted by Crippen LogP contribution is 2.31. The molecule has 0 amide bonds. The van der Waals surface area contributed by atoms with E-state index < -0.39 is 0 Å². The van der Waals surface area contributed by atoms with Crippen LogP contribution >= 0.6 is 11.6 Å². The Morgan fingerprint density at radius 1 is 1.33 bits per heavy atom. The van der Waals surface area contributed by atoms with E-state index in [2.05, 4.69) is 41.3 Å². The monoisotopic (exact) mass is 307 g/mol. The van der Waals surface area contributed by atoms with Gasteiger partial charge in [-0.3, -0.25) is 0 Å². The quantitative estimate of drug-likeness (QED) is 0.871. The Bertz CT molecular complexity index is 487. The van der Waals surface area contributed by atoms with E-state index in [9.17, 15) is 0 Å². The van der Waals surface area contributed by atoms with Crippen LogP contribution in [-0.4, -0.2) is 44.2 Å². The van der Waals surface area contributed by atoms with Gasteiger partial charge in [-0.2, -0.15) is 0 Å². The molecule has 21 heavy (non-hydrogen) atoms. The Balaban J connectivity index is 1.71. The lowest BCUT2D eigenvalue weighted by Gasteiger charge is -2.29. The summed E-state index contributed by atoms with van der Waals surface area (Å²) >= 11 is 6.49. The Morgan fingerprint density at radius 3 is 2.81 bits per heavy atom. The summed E-state index contributed by atoms with van der Waals surface area (Å²) in [4.78, 5) is 4.81. The molecule has 1 aromatic carbocycles. The molecule has 0 radical (unpaired) electrons. The molecule has 1 saturated carbocycles. The topological polar surface area (TPSA) is 18.5 Å². The molecule has 1 unspecified atom stereocenters. The van der Waals surface area contributed by atoms with E-state index in [1.165, 1.54) is 43.5 Å². The standard InChI is InChI=1S/C17H26ClN3/c1-20-10-4-6-15(20)12-21(2)17-13(5-3-7-16(17)18)11-19-14-8-9-14/h3,5,7,14-15,19H,4,6,8-12H2,1-2H3. The minimum Gasteiger partial charge on any atom is -0.372 e. The molecule has 2 aliphatic rings. The summed E-state index contributed by atoms with van der Waals surface area (Å²) in [5.74, 6) is 0. The lowest BCUT2D eigenvalue weighted by atomic mass is 10.1. The molecule has 116 valence electrons. The first-order valence-corrected chi connectivity index (χ1v) is 8.45. The molecule has 4 heteroatoms. The number of para-hydroxylation sites is 1. The number of hydrogen-bond acceptors (Lipinski definition) is 3. The van der Waals surface area contributed by atoms with Crippen LogP contribution in [0.5, 0.6) is 0 Å². The number of anilines is 1. The van der Waals surface area contributed by atoms with Crippen LogP contribution < -0.4 is 10.2 Å². The number of benzene rings is 1. The molecular formula is C17H26ClN3. The first-order valence-electron chi connectivity index (χ1n) is 8.07. The highest BCUT2D eigenvalue weighted by Gasteiger charge is 2.24. The SMILES string of the molecule is CN(CC1CCCN1C)c1c(Cl)cccc1CNC1CC1. The van der Waals surface area contributed by atoms with Gasteiger partial charge in [-0.1, -0.05) is 23.7 Å². The summed E-state index contributed by atoms with van der Waals surface area (Å²) in [7, 11) is 4.40. The van der Waals surface area contributed by atoms with E-state index in [1.807, 2.05) is 6.07 Å². The van der Waals surface area contributed by atoms with Gasteiger partial charge in [0.25, 0.3) is 0 Å². The highest BCUT2D eigenvalue weighted by atomic mass is 35.5. The van der Waals surface area contributed by atoms with E-state index in [0.717, 1.165) is 24.2 Å². The van der Waals surface area contributed by atoms with E-state index in [-0.39, 0.29) is 0 Å². The maximum absolute atomic E-state index is 6.49. The van der Waals surface area contributed by atoms with Crippen LogP contribution in [0.1, 0.15) is 31.2 Å². The summed E-state index contributed by atoms with van der Waals surface area (Å²) in [5.41, 5.74) is 2.52. The largest absolute Gasteiger partial charge is 0.372 e. The van der Waals surface area contributed by atoms with Crippen molar-refractivity contribution in [3.63, 3.8) is 0 Å². The number of hydrogen-bond donors (Lipinski definition) is 1. The van der Waals surface area contributed by atoms with Crippen LogP contribution in [0, 0.1) is 0 Å². The Kier molecular flexibility index (Phi) is 4.72. The van der Waals surface area contributed by atoms with Crippen LogP contribution in [0.2, 0.25) is 5.02 Å². The molecule has 0 aromatic heterocycles. The molecule has 1 aromatic rings. The second-order valence-corrected chi connectivity index (χ2v) is 6.97. The normalized spacial score (nSPS) is 22.7. The molecule has 0 spiro atoms. The zero-order valence-electron chi connectivity index (χ0n) is 13.1. The van der Waals surface area contributed by atoms with Gasteiger partial charge in [0.15, 0.2) is 0 Å². The second-order valence-electron chi connectivity index (χ2n) is 6.56. The van der Waals surface area contributed by atoms with Gasteiger partial charge in [0.05, 0.1) is 10.7 Å². The number of nitrogens with one attached hydrogen (secondary N) is 1. The van der Waals surface area contributed by atoms with Crippen LogP contribution in [0.25, 0.3) is 0 Å². The van der Waals surface area contributed by atoms with Crippen molar-refractivity contribution in [2.75, 3.05) is 32.1 Å². The molecule has 1 aliphatic heterocycles. The fourth-order valence-corrected chi connectivity index (χ4v) is 3.63. The van der Waals surface area contributed by atoms with Crippen molar-refractivity contribution in [3.05, 3.63) is 28.8 Å². The molecular weight excluding hydrogens is 282 g/mol. The lowest BCUT2D eigenvalue weighted by molar-refractivity contribution is 0.314. The lowest BCUT2D eigenvalue weighted by Crippen LogP contribution is -2.37. The van der Waals surface area contributed by atoms with Crippen molar-refractivity contribution in [2.24, 2.45) is 0 Å². The molecule has 1 N–H and O–H groups in total. The van der Waals surface area contributed by atoms with Crippen molar-refractivity contribution in [2.45, 2.75) is 44.3 Å². The highest BCUT2D eigenvalue weighted by molar-refractivity contribution is 6.33. The zero-order valence-corrected chi connectivity index (χ0v) is 13.9. The minimum absolute atomic E-state index is 0.649. The first kappa shape index (κ1) is 15.1. The van der Waals surface area contributed by atoms with E-state index >= 15 is 0 Å². The van der Waals surface area contributed by atoms with Crippen molar-refractivity contribution >= 4 is 17.3 Å². The van der Waals surface area contributed by atoms with E-state index in [1.54, 1.807) is 0 Å². The molecule has 2 fully saturated rings. The van der Waals surface area contributed by atoms with Gasteiger partial charge >= 0.3 is 0 Å². The predicted octanol–water partition coefficient (Wildman–Crippen LogP) is 3.12. The summed E-state index contributed by atoms with van der Waals surface area (Å²) in [6.45, 7) is 3.19. The first-order chi connectivity index (χ1) is 10.1. The van der Waals surface area contributed by atoms with Crippen LogP contribution in [0.4, 0.5) is 5.69 Å². The molecule has 1 saturated heterocycles. The van der Waals surface area contributed by atoms with Crippen molar-refractivity contribution < 1.29 is 0 Å². The van der Waals surface area contributed by atoms with Crippen LogP contribution in [0.15, 0.2) is 18.2 Å². The molecule has 0 bridgehead atoms. The van der Waals surface area contributed by atoms with E-state index in [4.69, 9.17) is 11.6 Å². The number of likely N-dealkylation sites (N-methyl/N-ethyl adjacent to an activating group) is 2. The van der Waals surface area contributed by atoms with E-state index in [0.29, 0.717) is 6.04 Å². The average Bonchev–Trinajstić information content (AvgIpc) is 3.20. The van der Waals surface area contributed by atoms with Gasteiger partial charge in [-0.05, 0) is 50.9 Å². The predicted molar refractivity (Wildman–Crippen MR) is 90.2 cm³/mol. The second kappa shape index (κ2) is 6.55. The maximum Gasteiger partial charge on any atom is 0.0642 e. The van der Waals surface area contributed by atoms with Crippen LogP contribution in [0.3, 0.4) is 0 Å². The van der Waals surface area contributed by atoms with Gasteiger partial charge < -0.3 is 15.1 Å². The average molecular weight is 308 g/mol. The third-order valence-corrected chi connectivity index (χ3v) is 5.07. The minimum atomic E-state index is 0.649. The van der Waals surface area contributed by atoms with Gasteiger partial charge in [0.1, 0.15) is 0 Å². The molecule has 3 rings (SSSR count). The van der Waals surface area contributed by atoms with Gasteiger partial charge in [0.2, 0.25) is 0 Å². The number of nitrogens with zero attached hydrogens (tertiary/aromatic N) is 2. The number of halogens is 1. The summed E-state index contributed by atoms with van der Waals surface area (Å²) in [6, 6.07) is 7.64. The third kappa shape index (κ3) is 3.71. The summed E-state index contributed by atoms with van der Waals surface area (Å²) in [6.07, 6.45) is 5.24.